The largest absolute Gasteiger partial charge is 0.452 e. The van der Waals surface area contributed by atoms with Crippen LogP contribution in [0.5, 0.6) is 0 Å². The van der Waals surface area contributed by atoms with E-state index < -0.39 is 0 Å². The van der Waals surface area contributed by atoms with Crippen molar-refractivity contribution in [3.63, 3.8) is 0 Å². The molecule has 0 radical (unpaired) electrons. The van der Waals surface area contributed by atoms with Gasteiger partial charge in [0.25, 0.3) is 5.91 Å². The molecule has 3 N–H and O–H groups in total. The first-order chi connectivity index (χ1) is 8.99. The minimum absolute atomic E-state index is 0.0494. The summed E-state index contributed by atoms with van der Waals surface area (Å²) in [5, 5.41) is 2.75. The Labute approximate surface area is 128 Å². The van der Waals surface area contributed by atoms with Crippen LogP contribution in [0.1, 0.15) is 15.9 Å². The summed E-state index contributed by atoms with van der Waals surface area (Å²) in [7, 11) is 0. The molecular weight excluding hydrogens is 352 g/mol. The Bertz CT molecular complexity index is 657. The van der Waals surface area contributed by atoms with E-state index in [4.69, 9.17) is 34.0 Å². The lowest BCUT2D eigenvalue weighted by Crippen LogP contribution is -2.13. The first-order valence-corrected chi connectivity index (χ1v) is 6.70. The van der Waals surface area contributed by atoms with E-state index in [9.17, 15) is 4.79 Å². The van der Waals surface area contributed by atoms with Crippen molar-refractivity contribution in [2.45, 2.75) is 0 Å². The molecule has 98 valence electrons. The van der Waals surface area contributed by atoms with Gasteiger partial charge in [0, 0.05) is 10.0 Å². The van der Waals surface area contributed by atoms with Crippen LogP contribution in [0.2, 0.25) is 5.22 Å². The Morgan fingerprint density at radius 1 is 1.42 bits per heavy atom. The average molecular weight is 360 g/mol. The smallest absolute Gasteiger partial charge is 0.260 e. The number of rotatable bonds is 3. The summed E-state index contributed by atoms with van der Waals surface area (Å²) in [6, 6.07) is 6.65. The number of halogens is 2. The third-order valence-electron chi connectivity index (χ3n) is 2.36. The highest BCUT2D eigenvalue weighted by Crippen LogP contribution is 2.25. The van der Waals surface area contributed by atoms with Crippen LogP contribution in [0.25, 0.3) is 0 Å². The molecule has 1 aromatic carbocycles. The van der Waals surface area contributed by atoms with E-state index in [0.29, 0.717) is 15.7 Å². The molecule has 1 amide bonds. The number of nitrogens with one attached hydrogen (secondary N) is 1. The molecule has 0 atom stereocenters. The van der Waals surface area contributed by atoms with Gasteiger partial charge in [-0.3, -0.25) is 4.79 Å². The van der Waals surface area contributed by atoms with Crippen molar-refractivity contribution in [2.24, 2.45) is 5.73 Å². The number of furan rings is 1. The molecule has 0 saturated heterocycles. The third-order valence-corrected chi connectivity index (χ3v) is 3.55. The molecule has 19 heavy (non-hydrogen) atoms. The van der Waals surface area contributed by atoms with Crippen molar-refractivity contribution in [3.05, 3.63) is 51.3 Å². The molecule has 1 aromatic heterocycles. The second kappa shape index (κ2) is 5.73. The number of benzene rings is 1. The van der Waals surface area contributed by atoms with Gasteiger partial charge in [-0.05, 0) is 51.8 Å². The zero-order valence-corrected chi connectivity index (χ0v) is 12.6. The molecule has 0 unspecified atom stereocenters. The first kappa shape index (κ1) is 14.0. The molecular formula is C12H8BrClN2O2S. The molecule has 7 heteroatoms. The monoisotopic (exact) mass is 358 g/mol. The number of hydrogen-bond donors (Lipinski definition) is 2. The number of hydrogen-bond acceptors (Lipinski definition) is 3. The summed E-state index contributed by atoms with van der Waals surface area (Å²) in [6.45, 7) is 0. The van der Waals surface area contributed by atoms with E-state index in [0.717, 1.165) is 0 Å². The van der Waals surface area contributed by atoms with Crippen molar-refractivity contribution in [1.82, 2.24) is 0 Å². The lowest BCUT2D eigenvalue weighted by molar-refractivity contribution is 0.102. The number of carbonyl (C=O) groups is 1. The Balaban J connectivity index is 2.23. The second-order valence-electron chi connectivity index (χ2n) is 3.62. The predicted octanol–water partition coefficient (Wildman–Crippen LogP) is 3.58. The Kier molecular flexibility index (Phi) is 4.24. The van der Waals surface area contributed by atoms with Crippen molar-refractivity contribution >= 4 is 56.3 Å². The molecule has 2 aromatic rings. The van der Waals surface area contributed by atoms with Crippen LogP contribution < -0.4 is 11.1 Å². The van der Waals surface area contributed by atoms with Crippen LogP contribution in [0.3, 0.4) is 0 Å². The van der Waals surface area contributed by atoms with Crippen molar-refractivity contribution in [1.29, 1.82) is 0 Å². The minimum atomic E-state index is -0.359. The van der Waals surface area contributed by atoms with Crippen LogP contribution >= 0.6 is 39.7 Å². The standard InChI is InChI=1S/C12H8BrClN2O2S/c13-8-5-6(11(15)19)1-2-9(8)16-12(17)7-3-4-18-10(7)14/h1-5H,(H2,15,19)(H,16,17). The lowest BCUT2D eigenvalue weighted by Gasteiger charge is -2.08. The molecule has 4 nitrogen and oxygen atoms in total. The summed E-state index contributed by atoms with van der Waals surface area (Å²) < 4.78 is 5.54. The summed E-state index contributed by atoms with van der Waals surface area (Å²) in [5.41, 5.74) is 7.09. The number of amides is 1. The van der Waals surface area contributed by atoms with Gasteiger partial charge in [0.2, 0.25) is 5.22 Å². The Morgan fingerprint density at radius 3 is 2.68 bits per heavy atom. The minimum Gasteiger partial charge on any atom is -0.452 e. The Morgan fingerprint density at radius 2 is 2.16 bits per heavy atom. The van der Waals surface area contributed by atoms with Gasteiger partial charge in [0.1, 0.15) is 4.99 Å². The van der Waals surface area contributed by atoms with E-state index >= 15 is 0 Å². The van der Waals surface area contributed by atoms with Crippen molar-refractivity contribution in [2.75, 3.05) is 5.32 Å². The van der Waals surface area contributed by atoms with Crippen LogP contribution in [0.4, 0.5) is 5.69 Å². The lowest BCUT2D eigenvalue weighted by atomic mass is 10.2. The average Bonchev–Trinajstić information content (AvgIpc) is 2.77. The summed E-state index contributed by atoms with van der Waals surface area (Å²) in [4.78, 5) is 12.2. The number of anilines is 1. The van der Waals surface area contributed by atoms with Crippen LogP contribution in [-0.4, -0.2) is 10.9 Å². The summed E-state index contributed by atoms with van der Waals surface area (Å²) in [5.74, 6) is -0.359. The van der Waals surface area contributed by atoms with Gasteiger partial charge in [0.05, 0.1) is 17.5 Å². The topological polar surface area (TPSA) is 68.3 Å². The molecule has 0 bridgehead atoms. The number of nitrogens with two attached hydrogens (primary N) is 1. The zero-order valence-electron chi connectivity index (χ0n) is 9.44. The Hall–Kier alpha value is -1.37. The quantitative estimate of drug-likeness (QED) is 0.822. The number of carbonyl (C=O) groups excluding carboxylic acids is 1. The maximum Gasteiger partial charge on any atom is 0.260 e. The van der Waals surface area contributed by atoms with E-state index in [2.05, 4.69) is 21.2 Å². The highest BCUT2D eigenvalue weighted by atomic mass is 79.9. The molecule has 0 fully saturated rings. The summed E-state index contributed by atoms with van der Waals surface area (Å²) in [6.07, 6.45) is 1.35. The SMILES string of the molecule is NC(=S)c1ccc(NC(=O)c2ccoc2Cl)c(Br)c1. The van der Waals surface area contributed by atoms with Crippen molar-refractivity contribution in [3.8, 4) is 0 Å². The fourth-order valence-electron chi connectivity index (χ4n) is 1.42. The maximum atomic E-state index is 11.9. The number of thiocarbonyl (C=S) groups is 1. The van der Waals surface area contributed by atoms with E-state index in [1.54, 1.807) is 18.2 Å². The van der Waals surface area contributed by atoms with E-state index in [1.165, 1.54) is 12.3 Å². The fraction of sp³-hybridized carbons (Fsp3) is 0. The first-order valence-electron chi connectivity index (χ1n) is 5.12. The second-order valence-corrected chi connectivity index (χ2v) is 5.26. The van der Waals surface area contributed by atoms with Gasteiger partial charge in [-0.1, -0.05) is 12.2 Å². The third kappa shape index (κ3) is 3.15. The predicted molar refractivity (Wildman–Crippen MR) is 81.7 cm³/mol. The van der Waals surface area contributed by atoms with E-state index in [-0.39, 0.29) is 21.7 Å². The highest BCUT2D eigenvalue weighted by Gasteiger charge is 2.14. The molecule has 0 spiro atoms. The van der Waals surface area contributed by atoms with Gasteiger partial charge in [-0.15, -0.1) is 0 Å². The summed E-state index contributed by atoms with van der Waals surface area (Å²) >= 11 is 13.9. The molecule has 0 saturated carbocycles. The molecule has 2 rings (SSSR count). The zero-order chi connectivity index (χ0) is 14.0. The molecule has 0 aliphatic carbocycles. The van der Waals surface area contributed by atoms with Crippen LogP contribution in [-0.2, 0) is 0 Å². The van der Waals surface area contributed by atoms with Gasteiger partial charge >= 0.3 is 0 Å². The molecule has 0 aliphatic rings. The molecule has 0 aliphatic heterocycles. The highest BCUT2D eigenvalue weighted by molar-refractivity contribution is 9.10. The van der Waals surface area contributed by atoms with Gasteiger partial charge in [-0.25, -0.2) is 0 Å². The normalized spacial score (nSPS) is 10.2. The fourth-order valence-corrected chi connectivity index (χ4v) is 2.22. The van der Waals surface area contributed by atoms with Gasteiger partial charge in [0.15, 0.2) is 0 Å². The molecule has 1 heterocycles. The maximum absolute atomic E-state index is 11.9. The van der Waals surface area contributed by atoms with Gasteiger partial charge in [-0.2, -0.15) is 0 Å². The van der Waals surface area contributed by atoms with Crippen LogP contribution in [0.15, 0.2) is 39.4 Å². The van der Waals surface area contributed by atoms with E-state index in [1.807, 2.05) is 0 Å². The van der Waals surface area contributed by atoms with Crippen molar-refractivity contribution < 1.29 is 9.21 Å². The van der Waals surface area contributed by atoms with Gasteiger partial charge < -0.3 is 15.5 Å². The van der Waals surface area contributed by atoms with Crippen LogP contribution in [0, 0.1) is 0 Å².